The topological polar surface area (TPSA) is 97.0 Å². The smallest absolute Gasteiger partial charge is 0.265 e. The number of para-hydroxylation sites is 1. The Hall–Kier alpha value is -4.33. The fraction of sp³-hybridized carbons (Fsp3) is 0.192. The van der Waals surface area contributed by atoms with Crippen molar-refractivity contribution in [2.45, 2.75) is 6.42 Å². The van der Waals surface area contributed by atoms with E-state index in [1.165, 1.54) is 0 Å². The van der Waals surface area contributed by atoms with Crippen LogP contribution in [0, 0.1) is 0 Å². The molecule has 0 saturated heterocycles. The fourth-order valence-electron chi connectivity index (χ4n) is 3.51. The zero-order valence-corrected chi connectivity index (χ0v) is 18.5. The van der Waals surface area contributed by atoms with Crippen LogP contribution in [0.15, 0.2) is 78.9 Å². The van der Waals surface area contributed by atoms with Gasteiger partial charge in [-0.2, -0.15) is 0 Å². The summed E-state index contributed by atoms with van der Waals surface area (Å²) in [6.45, 7) is 0.693. The van der Waals surface area contributed by atoms with Crippen molar-refractivity contribution in [1.29, 1.82) is 0 Å². The van der Waals surface area contributed by atoms with Crippen molar-refractivity contribution in [3.05, 3.63) is 84.4 Å². The first kappa shape index (κ1) is 22.8. The molecule has 0 fully saturated rings. The van der Waals surface area contributed by atoms with E-state index in [0.717, 1.165) is 5.75 Å². The number of carbonyl (C=O) groups excluding carboxylic acids is 3. The third-order valence-electron chi connectivity index (χ3n) is 5.17. The predicted octanol–water partition coefficient (Wildman–Crippen LogP) is 3.25. The summed E-state index contributed by atoms with van der Waals surface area (Å²) in [5.41, 5.74) is 1.57. The Morgan fingerprint density at radius 2 is 1.71 bits per heavy atom. The molecule has 0 unspecified atom stereocenters. The number of amides is 3. The van der Waals surface area contributed by atoms with Crippen LogP contribution in [-0.4, -0.2) is 44.0 Å². The van der Waals surface area contributed by atoms with E-state index in [9.17, 15) is 14.4 Å². The molecule has 8 nitrogen and oxygen atoms in total. The number of nitrogens with zero attached hydrogens (tertiary/aromatic N) is 1. The van der Waals surface area contributed by atoms with E-state index in [1.54, 1.807) is 47.4 Å². The highest BCUT2D eigenvalue weighted by atomic mass is 16.5. The van der Waals surface area contributed by atoms with E-state index >= 15 is 0 Å². The van der Waals surface area contributed by atoms with Crippen molar-refractivity contribution < 1.29 is 23.9 Å². The lowest BCUT2D eigenvalue weighted by Gasteiger charge is -2.30. The molecule has 3 aromatic carbocycles. The molecule has 34 heavy (non-hydrogen) atoms. The lowest BCUT2D eigenvalue weighted by Crippen LogP contribution is -2.40. The minimum Gasteiger partial charge on any atom is -0.494 e. The van der Waals surface area contributed by atoms with Crippen molar-refractivity contribution in [2.24, 2.45) is 0 Å². The average molecular weight is 460 g/mol. The first-order valence-corrected chi connectivity index (χ1v) is 11.0. The van der Waals surface area contributed by atoms with Crippen LogP contribution >= 0.6 is 0 Å². The first-order chi connectivity index (χ1) is 16.6. The number of carbonyl (C=O) groups is 3. The molecule has 1 heterocycles. The van der Waals surface area contributed by atoms with Gasteiger partial charge in [-0.15, -0.1) is 0 Å². The molecule has 1 aliphatic heterocycles. The van der Waals surface area contributed by atoms with Crippen LogP contribution in [-0.2, 0) is 9.59 Å². The highest BCUT2D eigenvalue weighted by Crippen LogP contribution is 2.34. The quantitative estimate of drug-likeness (QED) is 0.479. The van der Waals surface area contributed by atoms with Gasteiger partial charge < -0.3 is 25.0 Å². The molecule has 3 aromatic rings. The molecule has 0 radical (unpaired) electrons. The van der Waals surface area contributed by atoms with Gasteiger partial charge in [0.05, 0.1) is 18.8 Å². The predicted molar refractivity (Wildman–Crippen MR) is 128 cm³/mol. The van der Waals surface area contributed by atoms with E-state index in [-0.39, 0.29) is 30.9 Å². The normalized spacial score (nSPS) is 12.4. The Balaban J connectivity index is 1.33. The van der Waals surface area contributed by atoms with Gasteiger partial charge in [-0.3, -0.25) is 14.4 Å². The summed E-state index contributed by atoms with van der Waals surface area (Å²) in [4.78, 5) is 38.6. The lowest BCUT2D eigenvalue weighted by atomic mass is 10.2. The van der Waals surface area contributed by atoms with Gasteiger partial charge in [-0.25, -0.2) is 0 Å². The molecule has 0 aromatic heterocycles. The summed E-state index contributed by atoms with van der Waals surface area (Å²) < 4.78 is 11.3. The van der Waals surface area contributed by atoms with E-state index < -0.39 is 0 Å². The molecule has 8 heteroatoms. The molecule has 174 valence electrons. The fourth-order valence-corrected chi connectivity index (χ4v) is 3.51. The standard InChI is InChI=1S/C26H25N3O5/c30-24(17-27-26(32)19-8-3-1-4-9-19)28-20-12-13-23-22(16-20)29(25(31)18-34-23)14-7-15-33-21-10-5-2-6-11-21/h1-6,8-13,16H,7,14-15,17-18H2,(H,27,32)(H,28,30). The van der Waals surface area contributed by atoms with Crippen LogP contribution in [0.4, 0.5) is 11.4 Å². The number of rotatable bonds is 9. The van der Waals surface area contributed by atoms with Gasteiger partial charge in [0.1, 0.15) is 11.5 Å². The summed E-state index contributed by atoms with van der Waals surface area (Å²) in [7, 11) is 0. The van der Waals surface area contributed by atoms with Gasteiger partial charge in [0, 0.05) is 17.8 Å². The molecule has 0 spiro atoms. The number of hydrogen-bond acceptors (Lipinski definition) is 5. The van der Waals surface area contributed by atoms with Crippen LogP contribution in [0.5, 0.6) is 11.5 Å². The zero-order valence-electron chi connectivity index (χ0n) is 18.5. The van der Waals surface area contributed by atoms with E-state index in [4.69, 9.17) is 9.47 Å². The molecular weight excluding hydrogens is 434 g/mol. The largest absolute Gasteiger partial charge is 0.494 e. The van der Waals surface area contributed by atoms with Crippen molar-refractivity contribution in [3.63, 3.8) is 0 Å². The second-order valence-electron chi connectivity index (χ2n) is 7.63. The molecule has 4 rings (SSSR count). The number of anilines is 2. The van der Waals surface area contributed by atoms with E-state index in [1.807, 2.05) is 36.4 Å². The highest BCUT2D eigenvalue weighted by molar-refractivity contribution is 6.01. The molecule has 2 N–H and O–H groups in total. The maximum absolute atomic E-state index is 12.5. The molecular formula is C26H25N3O5. The lowest BCUT2D eigenvalue weighted by molar-refractivity contribution is -0.121. The van der Waals surface area contributed by atoms with E-state index in [2.05, 4.69) is 10.6 Å². The SMILES string of the molecule is O=C(CNC(=O)c1ccccc1)Nc1ccc2c(c1)N(CCCOc1ccccc1)C(=O)CO2. The minimum atomic E-state index is -0.380. The average Bonchev–Trinajstić information content (AvgIpc) is 2.87. The van der Waals surface area contributed by atoms with Gasteiger partial charge >= 0.3 is 0 Å². The molecule has 0 atom stereocenters. The maximum Gasteiger partial charge on any atom is 0.265 e. The molecule has 0 bridgehead atoms. The molecule has 3 amide bonds. The Morgan fingerprint density at radius 3 is 2.47 bits per heavy atom. The summed E-state index contributed by atoms with van der Waals surface area (Å²) in [5, 5.41) is 5.34. The van der Waals surface area contributed by atoms with Crippen LogP contribution in [0.1, 0.15) is 16.8 Å². The highest BCUT2D eigenvalue weighted by Gasteiger charge is 2.25. The van der Waals surface area contributed by atoms with Gasteiger partial charge in [-0.05, 0) is 48.9 Å². The number of ether oxygens (including phenoxy) is 2. The summed E-state index contributed by atoms with van der Waals surface area (Å²) in [6.07, 6.45) is 0.627. The minimum absolute atomic E-state index is 0.0379. The van der Waals surface area contributed by atoms with E-state index in [0.29, 0.717) is 42.3 Å². The van der Waals surface area contributed by atoms with Gasteiger partial charge in [0.2, 0.25) is 5.91 Å². The van der Waals surface area contributed by atoms with Crippen molar-refractivity contribution in [2.75, 3.05) is 36.5 Å². The van der Waals surface area contributed by atoms with Gasteiger partial charge in [-0.1, -0.05) is 36.4 Å². The number of nitrogens with one attached hydrogen (secondary N) is 2. The second kappa shape index (κ2) is 11.0. The summed E-state index contributed by atoms with van der Waals surface area (Å²) in [6, 6.07) is 23.3. The van der Waals surface area contributed by atoms with Crippen LogP contribution in [0.2, 0.25) is 0 Å². The molecule has 0 saturated carbocycles. The van der Waals surface area contributed by atoms with Gasteiger partial charge in [0.15, 0.2) is 6.61 Å². The van der Waals surface area contributed by atoms with Crippen molar-refractivity contribution >= 4 is 29.1 Å². The maximum atomic E-state index is 12.5. The first-order valence-electron chi connectivity index (χ1n) is 11.0. The molecule has 1 aliphatic rings. The third kappa shape index (κ3) is 5.92. The molecule has 0 aliphatic carbocycles. The zero-order chi connectivity index (χ0) is 23.8. The summed E-state index contributed by atoms with van der Waals surface area (Å²) in [5.74, 6) is 0.476. The van der Waals surface area contributed by atoms with Crippen molar-refractivity contribution in [1.82, 2.24) is 5.32 Å². The Bertz CT molecular complexity index is 1150. The van der Waals surface area contributed by atoms with Crippen LogP contribution in [0.3, 0.4) is 0 Å². The third-order valence-corrected chi connectivity index (χ3v) is 5.17. The number of hydrogen-bond donors (Lipinski definition) is 2. The van der Waals surface area contributed by atoms with Gasteiger partial charge in [0.25, 0.3) is 11.8 Å². The Kier molecular flexibility index (Phi) is 7.39. The number of benzene rings is 3. The number of fused-ring (bicyclic) bond motifs is 1. The van der Waals surface area contributed by atoms with Crippen molar-refractivity contribution in [3.8, 4) is 11.5 Å². The Morgan fingerprint density at radius 1 is 0.971 bits per heavy atom. The monoisotopic (exact) mass is 459 g/mol. The van der Waals surface area contributed by atoms with Crippen LogP contribution in [0.25, 0.3) is 0 Å². The second-order valence-corrected chi connectivity index (χ2v) is 7.63. The summed E-state index contributed by atoms with van der Waals surface area (Å²) >= 11 is 0. The van der Waals surface area contributed by atoms with Crippen LogP contribution < -0.4 is 25.0 Å². The Labute approximate surface area is 197 Å².